The highest BCUT2D eigenvalue weighted by atomic mass is 19.4. The van der Waals surface area contributed by atoms with Crippen LogP contribution < -0.4 is 4.90 Å². The van der Waals surface area contributed by atoms with Gasteiger partial charge in [0.05, 0.1) is 11.1 Å². The summed E-state index contributed by atoms with van der Waals surface area (Å²) in [6.07, 6.45) is -4.60. The van der Waals surface area contributed by atoms with Gasteiger partial charge in [-0.3, -0.25) is 9.59 Å². The predicted molar refractivity (Wildman–Crippen MR) is 104 cm³/mol. The van der Waals surface area contributed by atoms with Gasteiger partial charge in [0, 0.05) is 51.5 Å². The first-order chi connectivity index (χ1) is 13.7. The summed E-state index contributed by atoms with van der Waals surface area (Å²) in [7, 11) is 3.76. The number of anilines is 1. The molecule has 2 amide bonds. The van der Waals surface area contributed by atoms with Crippen LogP contribution in [0, 0.1) is 0 Å². The number of alkyl halides is 3. The molecule has 0 unspecified atom stereocenters. The molecule has 29 heavy (non-hydrogen) atoms. The molecule has 2 aromatic carbocycles. The van der Waals surface area contributed by atoms with Gasteiger partial charge in [-0.25, -0.2) is 0 Å². The van der Waals surface area contributed by atoms with E-state index < -0.39 is 17.6 Å². The first-order valence-electron chi connectivity index (χ1n) is 9.20. The highest BCUT2D eigenvalue weighted by molar-refractivity contribution is 5.97. The lowest BCUT2D eigenvalue weighted by atomic mass is 10.1. The number of hydrogen-bond donors (Lipinski definition) is 0. The van der Waals surface area contributed by atoms with Gasteiger partial charge < -0.3 is 14.7 Å². The summed E-state index contributed by atoms with van der Waals surface area (Å²) in [4.78, 5) is 30.3. The molecule has 1 heterocycles. The largest absolute Gasteiger partial charge is 0.417 e. The van der Waals surface area contributed by atoms with E-state index in [1.54, 1.807) is 23.1 Å². The quantitative estimate of drug-likeness (QED) is 0.787. The van der Waals surface area contributed by atoms with E-state index in [1.165, 1.54) is 23.1 Å². The Hall–Kier alpha value is -3.03. The summed E-state index contributed by atoms with van der Waals surface area (Å²) in [6.45, 7) is 0.907. The average molecular weight is 405 g/mol. The molecule has 2 aromatic rings. The van der Waals surface area contributed by atoms with Gasteiger partial charge in [-0.2, -0.15) is 13.2 Å². The lowest BCUT2D eigenvalue weighted by Gasteiger charge is -2.35. The number of rotatable bonds is 3. The second kappa shape index (κ2) is 8.14. The maximum absolute atomic E-state index is 13.2. The highest BCUT2D eigenvalue weighted by Gasteiger charge is 2.36. The molecule has 1 aliphatic rings. The molecular weight excluding hydrogens is 383 g/mol. The molecule has 1 fully saturated rings. The Morgan fingerprint density at radius 2 is 1.45 bits per heavy atom. The zero-order valence-electron chi connectivity index (χ0n) is 16.2. The maximum atomic E-state index is 13.2. The Bertz CT molecular complexity index is 904. The first kappa shape index (κ1) is 20.7. The van der Waals surface area contributed by atoms with Crippen LogP contribution in [0.5, 0.6) is 0 Å². The summed E-state index contributed by atoms with van der Waals surface area (Å²) in [5.74, 6) is -0.823. The molecular formula is C21H22F3N3O2. The monoisotopic (exact) mass is 405 g/mol. The molecule has 0 radical (unpaired) electrons. The van der Waals surface area contributed by atoms with Crippen molar-refractivity contribution < 1.29 is 22.8 Å². The van der Waals surface area contributed by atoms with Crippen molar-refractivity contribution in [3.8, 4) is 0 Å². The molecule has 1 saturated heterocycles. The number of benzene rings is 2. The Morgan fingerprint density at radius 1 is 0.862 bits per heavy atom. The molecule has 8 heteroatoms. The summed E-state index contributed by atoms with van der Waals surface area (Å²) >= 11 is 0. The number of hydrogen-bond acceptors (Lipinski definition) is 3. The van der Waals surface area contributed by atoms with E-state index >= 15 is 0 Å². The minimum absolute atomic E-state index is 0.156. The Labute approximate surface area is 167 Å². The number of nitrogens with zero attached hydrogens (tertiary/aromatic N) is 3. The molecule has 5 nitrogen and oxygen atoms in total. The van der Waals surface area contributed by atoms with Crippen molar-refractivity contribution >= 4 is 17.5 Å². The van der Waals surface area contributed by atoms with E-state index in [9.17, 15) is 22.8 Å². The molecule has 3 rings (SSSR count). The smallest absolute Gasteiger partial charge is 0.378 e. The minimum Gasteiger partial charge on any atom is -0.378 e. The zero-order chi connectivity index (χ0) is 21.2. The van der Waals surface area contributed by atoms with Crippen LogP contribution in [0.15, 0.2) is 48.5 Å². The van der Waals surface area contributed by atoms with Gasteiger partial charge in [-0.05, 0) is 30.3 Å². The van der Waals surface area contributed by atoms with Gasteiger partial charge in [-0.1, -0.05) is 18.2 Å². The van der Waals surface area contributed by atoms with Crippen molar-refractivity contribution in [2.75, 3.05) is 45.2 Å². The molecule has 1 aliphatic heterocycles. The topological polar surface area (TPSA) is 43.9 Å². The third-order valence-corrected chi connectivity index (χ3v) is 4.93. The lowest BCUT2D eigenvalue weighted by molar-refractivity contribution is -0.138. The second-order valence-corrected chi connectivity index (χ2v) is 7.07. The van der Waals surface area contributed by atoms with Crippen molar-refractivity contribution in [2.24, 2.45) is 0 Å². The normalized spacial score (nSPS) is 14.7. The number of carbonyl (C=O) groups excluding carboxylic acids is 2. The molecule has 0 spiro atoms. The Balaban J connectivity index is 1.69. The van der Waals surface area contributed by atoms with Crippen molar-refractivity contribution in [3.63, 3.8) is 0 Å². The van der Waals surface area contributed by atoms with E-state index in [0.717, 1.165) is 11.8 Å². The molecule has 0 aromatic heterocycles. The summed E-state index contributed by atoms with van der Waals surface area (Å²) < 4.78 is 39.6. The molecule has 0 aliphatic carbocycles. The van der Waals surface area contributed by atoms with Gasteiger partial charge in [0.2, 0.25) is 0 Å². The third-order valence-electron chi connectivity index (χ3n) is 4.93. The SMILES string of the molecule is CN(C)c1cccc(C(=O)N2CCN(C(=O)c3ccccc3C(F)(F)F)CC2)c1. The summed E-state index contributed by atoms with van der Waals surface area (Å²) in [6, 6.07) is 12.0. The number of piperazine rings is 1. The maximum Gasteiger partial charge on any atom is 0.417 e. The molecule has 0 atom stereocenters. The zero-order valence-corrected chi connectivity index (χ0v) is 16.2. The Kier molecular flexibility index (Phi) is 5.81. The number of carbonyl (C=O) groups is 2. The molecule has 0 N–H and O–H groups in total. The first-order valence-corrected chi connectivity index (χ1v) is 9.20. The summed E-state index contributed by atoms with van der Waals surface area (Å²) in [5.41, 5.74) is 0.134. The van der Waals surface area contributed by atoms with Crippen molar-refractivity contribution in [1.82, 2.24) is 9.80 Å². The predicted octanol–water partition coefficient (Wildman–Crippen LogP) is 3.37. The van der Waals surface area contributed by atoms with Gasteiger partial charge >= 0.3 is 6.18 Å². The van der Waals surface area contributed by atoms with Crippen LogP contribution in [-0.4, -0.2) is 61.9 Å². The van der Waals surface area contributed by atoms with E-state index in [-0.39, 0.29) is 37.6 Å². The van der Waals surface area contributed by atoms with Crippen LogP contribution in [-0.2, 0) is 6.18 Å². The van der Waals surface area contributed by atoms with Crippen LogP contribution >= 0.6 is 0 Å². The summed E-state index contributed by atoms with van der Waals surface area (Å²) in [5, 5.41) is 0. The molecule has 0 bridgehead atoms. The minimum atomic E-state index is -4.60. The van der Waals surface area contributed by atoms with Crippen LogP contribution in [0.1, 0.15) is 26.3 Å². The van der Waals surface area contributed by atoms with Gasteiger partial charge in [0.25, 0.3) is 11.8 Å². The van der Waals surface area contributed by atoms with E-state index in [2.05, 4.69) is 0 Å². The standard InChI is InChI=1S/C21H22F3N3O2/c1-25(2)16-7-5-6-15(14-16)19(28)26-10-12-27(13-11-26)20(29)17-8-3-4-9-18(17)21(22,23)24/h3-9,14H,10-13H2,1-2H3. The van der Waals surface area contributed by atoms with Gasteiger partial charge in [0.1, 0.15) is 0 Å². The average Bonchev–Trinajstić information content (AvgIpc) is 2.72. The third kappa shape index (κ3) is 4.52. The Morgan fingerprint density at radius 3 is 2.03 bits per heavy atom. The van der Waals surface area contributed by atoms with Crippen LogP contribution in [0.4, 0.5) is 18.9 Å². The second-order valence-electron chi connectivity index (χ2n) is 7.07. The molecule has 0 saturated carbocycles. The van der Waals surface area contributed by atoms with Crippen LogP contribution in [0.25, 0.3) is 0 Å². The highest BCUT2D eigenvalue weighted by Crippen LogP contribution is 2.32. The lowest BCUT2D eigenvalue weighted by Crippen LogP contribution is -2.50. The fraction of sp³-hybridized carbons (Fsp3) is 0.333. The number of amides is 2. The van der Waals surface area contributed by atoms with Gasteiger partial charge in [0.15, 0.2) is 0 Å². The van der Waals surface area contributed by atoms with E-state index in [0.29, 0.717) is 5.56 Å². The molecule has 154 valence electrons. The van der Waals surface area contributed by atoms with Crippen LogP contribution in [0.3, 0.4) is 0 Å². The van der Waals surface area contributed by atoms with Crippen LogP contribution in [0.2, 0.25) is 0 Å². The fourth-order valence-electron chi connectivity index (χ4n) is 3.30. The van der Waals surface area contributed by atoms with Crippen molar-refractivity contribution in [2.45, 2.75) is 6.18 Å². The van der Waals surface area contributed by atoms with Crippen molar-refractivity contribution in [1.29, 1.82) is 0 Å². The van der Waals surface area contributed by atoms with Gasteiger partial charge in [-0.15, -0.1) is 0 Å². The number of halogens is 3. The van der Waals surface area contributed by atoms with Crippen molar-refractivity contribution in [3.05, 3.63) is 65.2 Å². The van der Waals surface area contributed by atoms with E-state index in [4.69, 9.17) is 0 Å². The fourth-order valence-corrected chi connectivity index (χ4v) is 3.30. The van der Waals surface area contributed by atoms with E-state index in [1.807, 2.05) is 25.1 Å².